The molecule has 0 fully saturated rings. The predicted octanol–water partition coefficient (Wildman–Crippen LogP) is 2.50. The second-order valence-electron chi connectivity index (χ2n) is 3.08. The van der Waals surface area contributed by atoms with Gasteiger partial charge in [-0.15, -0.1) is 0 Å². The number of halogens is 3. The van der Waals surface area contributed by atoms with Crippen molar-refractivity contribution < 1.29 is 18.3 Å². The Kier molecular flexibility index (Phi) is 3.96. The average Bonchev–Trinajstić information content (AvgIpc) is 2.17. The summed E-state index contributed by atoms with van der Waals surface area (Å²) in [7, 11) is 0. The van der Waals surface area contributed by atoms with Gasteiger partial charge in [-0.25, -0.2) is 0 Å². The highest BCUT2D eigenvalue weighted by molar-refractivity contribution is 5.46. The second-order valence-corrected chi connectivity index (χ2v) is 3.08. The maximum Gasteiger partial charge on any atom is 0.416 e. The fourth-order valence-electron chi connectivity index (χ4n) is 1.12. The zero-order chi connectivity index (χ0) is 11.3. The molecule has 2 nitrogen and oxygen atoms in total. The van der Waals surface area contributed by atoms with E-state index in [4.69, 9.17) is 5.11 Å². The molecule has 0 radical (unpaired) electrons. The monoisotopic (exact) mass is 219 g/mol. The quantitative estimate of drug-likeness (QED) is 0.762. The third-order valence-electron chi connectivity index (χ3n) is 1.85. The van der Waals surface area contributed by atoms with Crippen LogP contribution in [-0.4, -0.2) is 18.3 Å². The van der Waals surface area contributed by atoms with Crippen LogP contribution in [0.4, 0.5) is 18.9 Å². The summed E-state index contributed by atoms with van der Waals surface area (Å²) < 4.78 is 36.9. The third-order valence-corrected chi connectivity index (χ3v) is 1.85. The Morgan fingerprint density at radius 2 is 2.00 bits per heavy atom. The minimum absolute atomic E-state index is 0.0198. The second kappa shape index (κ2) is 5.02. The van der Waals surface area contributed by atoms with Gasteiger partial charge in [0, 0.05) is 18.8 Å². The Balaban J connectivity index is 2.66. The lowest BCUT2D eigenvalue weighted by molar-refractivity contribution is -0.137. The number of nitrogens with one attached hydrogen (secondary N) is 1. The lowest BCUT2D eigenvalue weighted by Crippen LogP contribution is -2.07. The Hall–Kier alpha value is -1.23. The smallest absolute Gasteiger partial charge is 0.396 e. The predicted molar refractivity (Wildman–Crippen MR) is 51.6 cm³/mol. The number of alkyl halides is 3. The number of rotatable bonds is 4. The van der Waals surface area contributed by atoms with Crippen molar-refractivity contribution in [1.29, 1.82) is 0 Å². The Morgan fingerprint density at radius 3 is 2.60 bits per heavy atom. The van der Waals surface area contributed by atoms with Gasteiger partial charge in [-0.2, -0.15) is 13.2 Å². The molecule has 0 aliphatic rings. The molecule has 0 atom stereocenters. The first-order valence-corrected chi connectivity index (χ1v) is 4.56. The summed E-state index contributed by atoms with van der Waals surface area (Å²) in [6.07, 6.45) is -3.80. The molecule has 1 aromatic carbocycles. The molecule has 0 heterocycles. The van der Waals surface area contributed by atoms with E-state index in [1.807, 2.05) is 0 Å². The van der Waals surface area contributed by atoms with E-state index in [1.54, 1.807) is 6.07 Å². The van der Waals surface area contributed by atoms with Crippen LogP contribution in [0.25, 0.3) is 0 Å². The largest absolute Gasteiger partial charge is 0.416 e. The molecular weight excluding hydrogens is 207 g/mol. The van der Waals surface area contributed by atoms with Crippen LogP contribution in [0.5, 0.6) is 0 Å². The molecule has 0 saturated carbocycles. The topological polar surface area (TPSA) is 32.3 Å². The number of benzene rings is 1. The molecule has 0 aliphatic heterocycles. The van der Waals surface area contributed by atoms with Crippen LogP contribution in [0.1, 0.15) is 12.0 Å². The lowest BCUT2D eigenvalue weighted by Gasteiger charge is -2.09. The van der Waals surface area contributed by atoms with Gasteiger partial charge in [0.2, 0.25) is 0 Å². The zero-order valence-corrected chi connectivity index (χ0v) is 8.01. The molecule has 0 unspecified atom stereocenters. The highest BCUT2D eigenvalue weighted by Gasteiger charge is 2.30. The molecule has 2 N–H and O–H groups in total. The summed E-state index contributed by atoms with van der Waals surface area (Å²) in [5.74, 6) is 0. The highest BCUT2D eigenvalue weighted by atomic mass is 19.4. The highest BCUT2D eigenvalue weighted by Crippen LogP contribution is 2.30. The summed E-state index contributed by atoms with van der Waals surface area (Å²) >= 11 is 0. The number of anilines is 1. The van der Waals surface area contributed by atoms with E-state index in [9.17, 15) is 13.2 Å². The van der Waals surface area contributed by atoms with Crippen molar-refractivity contribution in [2.45, 2.75) is 12.6 Å². The first-order valence-electron chi connectivity index (χ1n) is 4.56. The summed E-state index contributed by atoms with van der Waals surface area (Å²) in [6, 6.07) is 4.99. The molecular formula is C10H12F3NO. The Labute approximate surface area is 85.7 Å². The number of hydrogen-bond donors (Lipinski definition) is 2. The van der Waals surface area contributed by atoms with E-state index in [1.165, 1.54) is 6.07 Å². The van der Waals surface area contributed by atoms with Crippen molar-refractivity contribution in [3.05, 3.63) is 29.8 Å². The van der Waals surface area contributed by atoms with Gasteiger partial charge in [0.05, 0.1) is 5.56 Å². The first kappa shape index (κ1) is 11.8. The van der Waals surface area contributed by atoms with E-state index in [-0.39, 0.29) is 6.61 Å². The molecule has 0 aliphatic carbocycles. The molecule has 0 saturated heterocycles. The Bertz CT molecular complexity index is 312. The van der Waals surface area contributed by atoms with E-state index < -0.39 is 11.7 Å². The summed E-state index contributed by atoms with van der Waals surface area (Å²) in [4.78, 5) is 0. The summed E-state index contributed by atoms with van der Waals surface area (Å²) in [5, 5.41) is 11.3. The zero-order valence-electron chi connectivity index (χ0n) is 8.01. The van der Waals surface area contributed by atoms with Gasteiger partial charge in [0.15, 0.2) is 0 Å². The maximum atomic E-state index is 12.3. The molecule has 5 heteroatoms. The van der Waals surface area contributed by atoms with Crippen LogP contribution in [0.2, 0.25) is 0 Å². The van der Waals surface area contributed by atoms with Crippen molar-refractivity contribution >= 4 is 5.69 Å². The van der Waals surface area contributed by atoms with E-state index in [2.05, 4.69) is 5.32 Å². The number of hydrogen-bond acceptors (Lipinski definition) is 2. The van der Waals surface area contributed by atoms with Crippen LogP contribution in [0.3, 0.4) is 0 Å². The number of aliphatic hydroxyl groups excluding tert-OH is 1. The summed E-state index contributed by atoms with van der Waals surface area (Å²) in [5.41, 5.74) is -0.255. The Morgan fingerprint density at radius 1 is 1.27 bits per heavy atom. The van der Waals surface area contributed by atoms with Crippen molar-refractivity contribution in [1.82, 2.24) is 0 Å². The molecule has 0 spiro atoms. The molecule has 1 aromatic rings. The van der Waals surface area contributed by atoms with Gasteiger partial charge < -0.3 is 10.4 Å². The average molecular weight is 219 g/mol. The normalized spacial score (nSPS) is 11.5. The van der Waals surface area contributed by atoms with Crippen molar-refractivity contribution in [3.63, 3.8) is 0 Å². The SMILES string of the molecule is OCCCNc1cccc(C(F)(F)F)c1. The standard InChI is InChI=1S/C10H12F3NO/c11-10(12,13)8-3-1-4-9(7-8)14-5-2-6-15/h1,3-4,7,14-15H,2,5-6H2. The minimum Gasteiger partial charge on any atom is -0.396 e. The van der Waals surface area contributed by atoms with Crippen LogP contribution < -0.4 is 5.32 Å². The maximum absolute atomic E-state index is 12.3. The van der Waals surface area contributed by atoms with Gasteiger partial charge in [-0.3, -0.25) is 0 Å². The molecule has 0 bridgehead atoms. The molecule has 84 valence electrons. The van der Waals surface area contributed by atoms with Crippen LogP contribution in [-0.2, 0) is 6.18 Å². The van der Waals surface area contributed by atoms with E-state index >= 15 is 0 Å². The van der Waals surface area contributed by atoms with E-state index in [0.29, 0.717) is 18.7 Å². The van der Waals surface area contributed by atoms with Crippen molar-refractivity contribution in [3.8, 4) is 0 Å². The van der Waals surface area contributed by atoms with Crippen molar-refractivity contribution in [2.75, 3.05) is 18.5 Å². The summed E-state index contributed by atoms with van der Waals surface area (Å²) in [6.45, 7) is 0.476. The van der Waals surface area contributed by atoms with Gasteiger partial charge in [-0.1, -0.05) is 6.07 Å². The molecule has 15 heavy (non-hydrogen) atoms. The molecule has 1 rings (SSSR count). The van der Waals surface area contributed by atoms with Gasteiger partial charge in [0.1, 0.15) is 0 Å². The van der Waals surface area contributed by atoms with E-state index in [0.717, 1.165) is 12.1 Å². The lowest BCUT2D eigenvalue weighted by atomic mass is 10.2. The minimum atomic E-state index is -4.31. The molecule has 0 aromatic heterocycles. The van der Waals surface area contributed by atoms with Crippen molar-refractivity contribution in [2.24, 2.45) is 0 Å². The van der Waals surface area contributed by atoms with Crippen LogP contribution in [0.15, 0.2) is 24.3 Å². The van der Waals surface area contributed by atoms with Gasteiger partial charge in [0.25, 0.3) is 0 Å². The van der Waals surface area contributed by atoms with Gasteiger partial charge >= 0.3 is 6.18 Å². The fourth-order valence-corrected chi connectivity index (χ4v) is 1.12. The fraction of sp³-hybridized carbons (Fsp3) is 0.400. The van der Waals surface area contributed by atoms with Crippen LogP contribution in [0, 0.1) is 0 Å². The molecule has 0 amide bonds. The third kappa shape index (κ3) is 3.79. The van der Waals surface area contributed by atoms with Gasteiger partial charge in [-0.05, 0) is 24.6 Å². The first-order chi connectivity index (χ1) is 7.04. The van der Waals surface area contributed by atoms with Crippen LogP contribution >= 0.6 is 0 Å². The number of aliphatic hydroxyl groups is 1.